The minimum absolute atomic E-state index is 0.300. The van der Waals surface area contributed by atoms with Gasteiger partial charge in [-0.15, -0.1) is 0 Å². The quantitative estimate of drug-likeness (QED) is 0.768. The lowest BCUT2D eigenvalue weighted by Crippen LogP contribution is -2.20. The summed E-state index contributed by atoms with van der Waals surface area (Å²) in [5.74, 6) is 0.300. The zero-order valence-corrected chi connectivity index (χ0v) is 8.98. The number of hydrogen-bond donors (Lipinski definition) is 2. The molecule has 0 radical (unpaired) electrons. The standard InChI is InChI=1S/C10H14N6/c11-10-14-7(5-16-3-1-2-4-16)8-9(15-10)13-6-12-8/h6H,1-5H2,(H3,11,12,13,14,15). The fourth-order valence-electron chi connectivity index (χ4n) is 2.18. The summed E-state index contributed by atoms with van der Waals surface area (Å²) in [6.07, 6.45) is 4.17. The number of H-pyrrole nitrogens is 1. The number of imidazole rings is 1. The molecule has 6 heteroatoms. The molecule has 0 saturated carbocycles. The summed E-state index contributed by atoms with van der Waals surface area (Å²) in [5.41, 5.74) is 8.17. The number of aromatic amines is 1. The van der Waals surface area contributed by atoms with Crippen LogP contribution in [0.2, 0.25) is 0 Å². The Kier molecular flexibility index (Phi) is 2.21. The van der Waals surface area contributed by atoms with Crippen molar-refractivity contribution in [2.45, 2.75) is 19.4 Å². The topological polar surface area (TPSA) is 83.7 Å². The maximum absolute atomic E-state index is 5.66. The van der Waals surface area contributed by atoms with E-state index < -0.39 is 0 Å². The molecule has 0 spiro atoms. The summed E-state index contributed by atoms with van der Waals surface area (Å²) >= 11 is 0. The van der Waals surface area contributed by atoms with Crippen molar-refractivity contribution in [2.24, 2.45) is 0 Å². The van der Waals surface area contributed by atoms with Gasteiger partial charge in [0.25, 0.3) is 0 Å². The molecule has 16 heavy (non-hydrogen) atoms. The van der Waals surface area contributed by atoms with Gasteiger partial charge in [-0.05, 0) is 25.9 Å². The molecule has 1 aliphatic rings. The van der Waals surface area contributed by atoms with Crippen molar-refractivity contribution in [2.75, 3.05) is 18.8 Å². The number of hydrogen-bond acceptors (Lipinski definition) is 5. The zero-order valence-electron chi connectivity index (χ0n) is 8.98. The molecule has 0 amide bonds. The molecule has 0 aromatic carbocycles. The van der Waals surface area contributed by atoms with Crippen LogP contribution in [0.15, 0.2) is 6.33 Å². The molecule has 3 heterocycles. The van der Waals surface area contributed by atoms with Gasteiger partial charge >= 0.3 is 0 Å². The number of rotatable bonds is 2. The van der Waals surface area contributed by atoms with E-state index in [0.717, 1.165) is 30.8 Å². The molecule has 0 bridgehead atoms. The van der Waals surface area contributed by atoms with Gasteiger partial charge in [-0.1, -0.05) is 0 Å². The third-order valence-electron chi connectivity index (χ3n) is 2.95. The predicted octanol–water partition coefficient (Wildman–Crippen LogP) is 0.531. The fraction of sp³-hybridized carbons (Fsp3) is 0.500. The Hall–Kier alpha value is -1.69. The monoisotopic (exact) mass is 218 g/mol. The zero-order chi connectivity index (χ0) is 11.0. The highest BCUT2D eigenvalue weighted by Crippen LogP contribution is 2.17. The lowest BCUT2D eigenvalue weighted by Gasteiger charge is -2.14. The highest BCUT2D eigenvalue weighted by molar-refractivity contribution is 5.73. The molecule has 6 nitrogen and oxygen atoms in total. The molecule has 0 unspecified atom stereocenters. The van der Waals surface area contributed by atoms with Crippen molar-refractivity contribution in [1.29, 1.82) is 0 Å². The van der Waals surface area contributed by atoms with Gasteiger partial charge in [-0.25, -0.2) is 9.97 Å². The molecular formula is C10H14N6. The third kappa shape index (κ3) is 1.61. The van der Waals surface area contributed by atoms with Crippen molar-refractivity contribution < 1.29 is 0 Å². The van der Waals surface area contributed by atoms with E-state index in [9.17, 15) is 0 Å². The van der Waals surface area contributed by atoms with Crippen molar-refractivity contribution in [3.8, 4) is 0 Å². The second kappa shape index (κ2) is 3.71. The van der Waals surface area contributed by atoms with Gasteiger partial charge in [0, 0.05) is 6.54 Å². The second-order valence-corrected chi connectivity index (χ2v) is 4.11. The summed E-state index contributed by atoms with van der Waals surface area (Å²) < 4.78 is 0. The minimum Gasteiger partial charge on any atom is -0.368 e. The maximum atomic E-state index is 5.66. The lowest BCUT2D eigenvalue weighted by atomic mass is 10.3. The molecule has 2 aromatic heterocycles. The van der Waals surface area contributed by atoms with Crippen LogP contribution in [0.3, 0.4) is 0 Å². The van der Waals surface area contributed by atoms with Crippen LogP contribution in [-0.2, 0) is 6.54 Å². The van der Waals surface area contributed by atoms with Crippen LogP contribution >= 0.6 is 0 Å². The maximum Gasteiger partial charge on any atom is 0.222 e. The van der Waals surface area contributed by atoms with Crippen LogP contribution in [0.25, 0.3) is 11.2 Å². The van der Waals surface area contributed by atoms with E-state index in [-0.39, 0.29) is 0 Å². The largest absolute Gasteiger partial charge is 0.368 e. The molecule has 1 fully saturated rings. The van der Waals surface area contributed by atoms with Crippen LogP contribution in [0.5, 0.6) is 0 Å². The van der Waals surface area contributed by atoms with Crippen LogP contribution < -0.4 is 5.73 Å². The average Bonchev–Trinajstić information content (AvgIpc) is 2.87. The molecule has 84 valence electrons. The molecular weight excluding hydrogens is 204 g/mol. The smallest absolute Gasteiger partial charge is 0.222 e. The molecule has 1 aliphatic heterocycles. The van der Waals surface area contributed by atoms with Gasteiger partial charge in [0.05, 0.1) is 12.0 Å². The van der Waals surface area contributed by atoms with Gasteiger partial charge < -0.3 is 10.7 Å². The van der Waals surface area contributed by atoms with Crippen molar-refractivity contribution in [3.63, 3.8) is 0 Å². The molecule has 1 saturated heterocycles. The first-order chi connectivity index (χ1) is 7.83. The first-order valence-corrected chi connectivity index (χ1v) is 5.51. The molecule has 2 aromatic rings. The molecule has 3 rings (SSSR count). The number of aromatic nitrogens is 4. The number of nitrogens with one attached hydrogen (secondary N) is 1. The van der Waals surface area contributed by atoms with E-state index >= 15 is 0 Å². The molecule has 0 atom stereocenters. The first-order valence-electron chi connectivity index (χ1n) is 5.51. The Morgan fingerprint density at radius 2 is 2.12 bits per heavy atom. The Bertz CT molecular complexity index is 499. The highest BCUT2D eigenvalue weighted by Gasteiger charge is 2.15. The fourth-order valence-corrected chi connectivity index (χ4v) is 2.18. The van der Waals surface area contributed by atoms with Crippen molar-refractivity contribution in [1.82, 2.24) is 24.8 Å². The van der Waals surface area contributed by atoms with Gasteiger partial charge in [-0.3, -0.25) is 4.90 Å². The van der Waals surface area contributed by atoms with Gasteiger partial charge in [0.1, 0.15) is 5.52 Å². The Morgan fingerprint density at radius 1 is 1.31 bits per heavy atom. The van der Waals surface area contributed by atoms with Crippen LogP contribution in [0.4, 0.5) is 5.95 Å². The van der Waals surface area contributed by atoms with E-state index in [2.05, 4.69) is 24.8 Å². The normalized spacial score (nSPS) is 17.2. The summed E-state index contributed by atoms with van der Waals surface area (Å²) in [5, 5.41) is 0. The molecule has 3 N–H and O–H groups in total. The van der Waals surface area contributed by atoms with Crippen LogP contribution in [0.1, 0.15) is 18.5 Å². The summed E-state index contributed by atoms with van der Waals surface area (Å²) in [7, 11) is 0. The SMILES string of the molecule is Nc1nc(CN2CCCC2)c2[nH]cnc2n1. The second-order valence-electron chi connectivity index (χ2n) is 4.11. The van der Waals surface area contributed by atoms with E-state index in [4.69, 9.17) is 5.73 Å². The average molecular weight is 218 g/mol. The Labute approximate surface area is 92.9 Å². The summed E-state index contributed by atoms with van der Waals surface area (Å²) in [6, 6.07) is 0. The highest BCUT2D eigenvalue weighted by atomic mass is 15.2. The number of fused-ring (bicyclic) bond motifs is 1. The Morgan fingerprint density at radius 3 is 2.94 bits per heavy atom. The van der Waals surface area contributed by atoms with Gasteiger partial charge in [0.15, 0.2) is 5.65 Å². The number of anilines is 1. The van der Waals surface area contributed by atoms with E-state index in [1.807, 2.05) is 0 Å². The first kappa shape index (κ1) is 9.53. The number of nitrogens with zero attached hydrogens (tertiary/aromatic N) is 4. The number of nitrogen functional groups attached to an aromatic ring is 1. The lowest BCUT2D eigenvalue weighted by molar-refractivity contribution is 0.328. The van der Waals surface area contributed by atoms with E-state index in [0.29, 0.717) is 11.6 Å². The van der Waals surface area contributed by atoms with Crippen molar-refractivity contribution >= 4 is 17.1 Å². The molecule has 0 aliphatic carbocycles. The number of likely N-dealkylation sites (tertiary alicyclic amines) is 1. The third-order valence-corrected chi connectivity index (χ3v) is 2.95. The van der Waals surface area contributed by atoms with Gasteiger partial charge in [-0.2, -0.15) is 4.98 Å². The van der Waals surface area contributed by atoms with E-state index in [1.54, 1.807) is 6.33 Å². The Balaban J connectivity index is 1.97. The predicted molar refractivity (Wildman–Crippen MR) is 60.6 cm³/mol. The summed E-state index contributed by atoms with van der Waals surface area (Å²) in [4.78, 5) is 17.9. The van der Waals surface area contributed by atoms with Gasteiger partial charge in [0.2, 0.25) is 5.95 Å². The minimum atomic E-state index is 0.300. The van der Waals surface area contributed by atoms with Crippen LogP contribution in [-0.4, -0.2) is 37.9 Å². The number of nitrogens with two attached hydrogens (primary N) is 1. The van der Waals surface area contributed by atoms with E-state index in [1.165, 1.54) is 12.8 Å². The van der Waals surface area contributed by atoms with Crippen LogP contribution in [0, 0.1) is 0 Å². The summed E-state index contributed by atoms with van der Waals surface area (Å²) in [6.45, 7) is 3.10. The van der Waals surface area contributed by atoms with Crippen molar-refractivity contribution in [3.05, 3.63) is 12.0 Å².